The van der Waals surface area contributed by atoms with Crippen LogP contribution in [0.5, 0.6) is 11.5 Å². The van der Waals surface area contributed by atoms with Crippen molar-refractivity contribution in [2.24, 2.45) is 0 Å². The number of piperazine rings is 1. The molecule has 2 rings (SSSR count). The molecule has 0 aromatic heterocycles. The van der Waals surface area contributed by atoms with E-state index < -0.39 is 0 Å². The van der Waals surface area contributed by atoms with Crippen molar-refractivity contribution < 1.29 is 23.8 Å². The number of ether oxygens (including phenoxy) is 3. The predicted octanol–water partition coefficient (Wildman–Crippen LogP) is 0.933. The molecule has 0 spiro atoms. The number of methoxy groups -OCH3 is 3. The molecule has 8 heteroatoms. The molecule has 0 radical (unpaired) electrons. The summed E-state index contributed by atoms with van der Waals surface area (Å²) in [7, 11) is 4.89. The van der Waals surface area contributed by atoms with Crippen molar-refractivity contribution in [1.29, 1.82) is 0 Å². The van der Waals surface area contributed by atoms with Gasteiger partial charge in [-0.05, 0) is 36.6 Å². The van der Waals surface area contributed by atoms with Crippen molar-refractivity contribution in [1.82, 2.24) is 15.1 Å². The summed E-state index contributed by atoms with van der Waals surface area (Å²) < 4.78 is 15.6. The van der Waals surface area contributed by atoms with Gasteiger partial charge in [-0.2, -0.15) is 0 Å². The zero-order valence-corrected chi connectivity index (χ0v) is 17.7. The van der Waals surface area contributed by atoms with E-state index in [0.717, 1.165) is 23.5 Å². The van der Waals surface area contributed by atoms with E-state index in [0.29, 0.717) is 58.7 Å². The smallest absolute Gasteiger partial charge is 0.234 e. The molecule has 1 fully saturated rings. The largest absolute Gasteiger partial charge is 0.497 e. The van der Waals surface area contributed by atoms with Crippen LogP contribution in [-0.4, -0.2) is 88.8 Å². The van der Waals surface area contributed by atoms with Crippen molar-refractivity contribution in [2.45, 2.75) is 19.3 Å². The Bertz CT molecular complexity index is 660. The van der Waals surface area contributed by atoms with E-state index in [-0.39, 0.29) is 11.8 Å². The van der Waals surface area contributed by atoms with Crippen LogP contribution in [0.2, 0.25) is 0 Å². The lowest BCUT2D eigenvalue weighted by atomic mass is 10.1. The van der Waals surface area contributed by atoms with Gasteiger partial charge < -0.3 is 24.4 Å². The second-order valence-electron chi connectivity index (χ2n) is 7.03. The highest BCUT2D eigenvalue weighted by molar-refractivity contribution is 5.78. The fourth-order valence-electron chi connectivity index (χ4n) is 3.34. The van der Waals surface area contributed by atoms with Crippen LogP contribution in [-0.2, 0) is 20.7 Å². The molecular weight excluding hydrogens is 374 g/mol. The number of carbonyl (C=O) groups is 2. The number of benzene rings is 1. The Labute approximate surface area is 173 Å². The van der Waals surface area contributed by atoms with Gasteiger partial charge in [-0.1, -0.05) is 0 Å². The quantitative estimate of drug-likeness (QED) is 0.550. The van der Waals surface area contributed by atoms with Gasteiger partial charge in [0.15, 0.2) is 0 Å². The summed E-state index contributed by atoms with van der Waals surface area (Å²) >= 11 is 0. The van der Waals surface area contributed by atoms with Gasteiger partial charge in [-0.3, -0.25) is 14.5 Å². The number of aryl methyl sites for hydroxylation is 1. The maximum Gasteiger partial charge on any atom is 0.234 e. The molecule has 1 saturated heterocycles. The molecule has 0 unspecified atom stereocenters. The molecule has 1 aliphatic heterocycles. The van der Waals surface area contributed by atoms with Crippen LogP contribution in [0.1, 0.15) is 18.4 Å². The first-order chi connectivity index (χ1) is 14.1. The van der Waals surface area contributed by atoms with Crippen LogP contribution in [0.15, 0.2) is 18.2 Å². The topological polar surface area (TPSA) is 80.3 Å². The van der Waals surface area contributed by atoms with Gasteiger partial charge in [0.25, 0.3) is 0 Å². The van der Waals surface area contributed by atoms with Gasteiger partial charge in [0.05, 0.1) is 20.8 Å². The van der Waals surface area contributed by atoms with Gasteiger partial charge in [-0.15, -0.1) is 0 Å². The Morgan fingerprint density at radius 2 is 1.83 bits per heavy atom. The molecule has 0 bridgehead atoms. The second kappa shape index (κ2) is 12.3. The third-order valence-corrected chi connectivity index (χ3v) is 5.04. The van der Waals surface area contributed by atoms with Gasteiger partial charge >= 0.3 is 0 Å². The lowest BCUT2D eigenvalue weighted by molar-refractivity contribution is -0.133. The van der Waals surface area contributed by atoms with Crippen LogP contribution in [0, 0.1) is 0 Å². The average Bonchev–Trinajstić information content (AvgIpc) is 2.75. The SMILES string of the molecule is COCCCNC(=O)CN1CCN(C(=O)CCc2cc(OC)ccc2OC)CC1. The zero-order chi connectivity index (χ0) is 21.1. The van der Waals surface area contributed by atoms with E-state index in [1.807, 2.05) is 23.1 Å². The molecule has 0 atom stereocenters. The van der Waals surface area contributed by atoms with Crippen LogP contribution in [0.3, 0.4) is 0 Å². The molecule has 0 aliphatic carbocycles. The van der Waals surface area contributed by atoms with Crippen LogP contribution < -0.4 is 14.8 Å². The summed E-state index contributed by atoms with van der Waals surface area (Å²) in [6.45, 7) is 4.34. The monoisotopic (exact) mass is 407 g/mol. The maximum atomic E-state index is 12.6. The van der Waals surface area contributed by atoms with Crippen LogP contribution in [0.25, 0.3) is 0 Å². The average molecular weight is 408 g/mol. The third-order valence-electron chi connectivity index (χ3n) is 5.04. The van der Waals surface area contributed by atoms with Gasteiger partial charge in [0, 0.05) is 52.9 Å². The lowest BCUT2D eigenvalue weighted by Crippen LogP contribution is -2.51. The Morgan fingerprint density at radius 3 is 2.48 bits per heavy atom. The second-order valence-corrected chi connectivity index (χ2v) is 7.03. The molecule has 162 valence electrons. The standard InChI is InChI=1S/C21H33N3O5/c1-27-14-4-9-22-20(25)16-23-10-12-24(13-11-23)21(26)8-5-17-15-18(28-2)6-7-19(17)29-3/h6-7,15H,4-5,8-14,16H2,1-3H3,(H,22,25). The number of rotatable bonds is 11. The van der Waals surface area contributed by atoms with E-state index >= 15 is 0 Å². The molecule has 0 saturated carbocycles. The van der Waals surface area contributed by atoms with Crippen molar-refractivity contribution in [3.8, 4) is 11.5 Å². The first-order valence-corrected chi connectivity index (χ1v) is 10.0. The van der Waals surface area contributed by atoms with Gasteiger partial charge in [0.2, 0.25) is 11.8 Å². The van der Waals surface area contributed by atoms with Crippen LogP contribution in [0.4, 0.5) is 0 Å². The van der Waals surface area contributed by atoms with Crippen molar-refractivity contribution >= 4 is 11.8 Å². The number of carbonyl (C=O) groups excluding carboxylic acids is 2. The molecule has 1 N–H and O–H groups in total. The van der Waals surface area contributed by atoms with Gasteiger partial charge in [-0.25, -0.2) is 0 Å². The first-order valence-electron chi connectivity index (χ1n) is 10.0. The maximum absolute atomic E-state index is 12.6. The summed E-state index contributed by atoms with van der Waals surface area (Å²) in [4.78, 5) is 28.5. The van der Waals surface area contributed by atoms with E-state index in [1.54, 1.807) is 21.3 Å². The Kier molecular flexibility index (Phi) is 9.73. The molecular formula is C21H33N3O5. The molecule has 2 amide bonds. The Balaban J connectivity index is 1.73. The van der Waals surface area contributed by atoms with E-state index in [9.17, 15) is 9.59 Å². The minimum absolute atomic E-state index is 0.0194. The number of nitrogens with one attached hydrogen (secondary N) is 1. The third kappa shape index (κ3) is 7.55. The fourth-order valence-corrected chi connectivity index (χ4v) is 3.34. The molecule has 1 aromatic rings. The number of hydrogen-bond acceptors (Lipinski definition) is 6. The molecule has 29 heavy (non-hydrogen) atoms. The van der Waals surface area contributed by atoms with Crippen molar-refractivity contribution in [2.75, 3.05) is 67.2 Å². The highest BCUT2D eigenvalue weighted by Crippen LogP contribution is 2.25. The van der Waals surface area contributed by atoms with Crippen LogP contribution >= 0.6 is 0 Å². The molecule has 1 heterocycles. The molecule has 1 aromatic carbocycles. The van der Waals surface area contributed by atoms with E-state index in [2.05, 4.69) is 10.2 Å². The fraction of sp³-hybridized carbons (Fsp3) is 0.619. The number of nitrogens with zero attached hydrogens (tertiary/aromatic N) is 2. The highest BCUT2D eigenvalue weighted by atomic mass is 16.5. The summed E-state index contributed by atoms with van der Waals surface area (Å²) in [6, 6.07) is 5.62. The van der Waals surface area contributed by atoms with Crippen molar-refractivity contribution in [3.63, 3.8) is 0 Å². The van der Waals surface area contributed by atoms with E-state index in [1.165, 1.54) is 0 Å². The minimum atomic E-state index is 0.0194. The summed E-state index contributed by atoms with van der Waals surface area (Å²) in [6.07, 6.45) is 1.83. The first kappa shape index (κ1) is 23.0. The molecule has 8 nitrogen and oxygen atoms in total. The van der Waals surface area contributed by atoms with E-state index in [4.69, 9.17) is 14.2 Å². The Hall–Kier alpha value is -2.32. The Morgan fingerprint density at radius 1 is 1.07 bits per heavy atom. The van der Waals surface area contributed by atoms with Gasteiger partial charge in [0.1, 0.15) is 11.5 Å². The predicted molar refractivity (Wildman–Crippen MR) is 110 cm³/mol. The summed E-state index contributed by atoms with van der Waals surface area (Å²) in [5.74, 6) is 1.66. The van der Waals surface area contributed by atoms with Crippen molar-refractivity contribution in [3.05, 3.63) is 23.8 Å². The number of hydrogen-bond donors (Lipinski definition) is 1. The summed E-state index contributed by atoms with van der Waals surface area (Å²) in [5, 5.41) is 2.89. The normalized spacial score (nSPS) is 14.5. The lowest BCUT2D eigenvalue weighted by Gasteiger charge is -2.34. The summed E-state index contributed by atoms with van der Waals surface area (Å²) in [5.41, 5.74) is 0.962. The molecule has 1 aliphatic rings. The number of amides is 2. The minimum Gasteiger partial charge on any atom is -0.497 e. The zero-order valence-electron chi connectivity index (χ0n) is 17.7. The highest BCUT2D eigenvalue weighted by Gasteiger charge is 2.22.